The highest BCUT2D eigenvalue weighted by molar-refractivity contribution is 5.74. The van der Waals surface area contributed by atoms with Gasteiger partial charge in [0.15, 0.2) is 5.82 Å². The number of carbonyl (C=O) groups is 1. The third-order valence-electron chi connectivity index (χ3n) is 4.51. The average Bonchev–Trinajstić information content (AvgIpc) is 3.15. The Hall–Kier alpha value is -2.61. The lowest BCUT2D eigenvalue weighted by molar-refractivity contribution is 0.232. The van der Waals surface area contributed by atoms with E-state index >= 15 is 0 Å². The Bertz CT molecular complexity index is 769. The Morgan fingerprint density at radius 2 is 2.16 bits per heavy atom. The van der Waals surface area contributed by atoms with Gasteiger partial charge in [0.1, 0.15) is 0 Å². The van der Waals surface area contributed by atoms with Crippen LogP contribution in [-0.4, -0.2) is 44.8 Å². The van der Waals surface area contributed by atoms with Crippen LogP contribution < -0.4 is 16.3 Å². The SMILES string of the molecule is CC(NC(=O)NC1CCN(Cc2ccccc2)C1)c1n[nH]c(=O)n1C. The number of nitrogens with one attached hydrogen (secondary N) is 3. The van der Waals surface area contributed by atoms with E-state index in [0.29, 0.717) is 5.82 Å². The summed E-state index contributed by atoms with van der Waals surface area (Å²) in [4.78, 5) is 25.9. The van der Waals surface area contributed by atoms with Crippen LogP contribution in [-0.2, 0) is 13.6 Å². The monoisotopic (exact) mass is 344 g/mol. The molecule has 2 amide bonds. The van der Waals surface area contributed by atoms with Crippen LogP contribution in [0.15, 0.2) is 35.1 Å². The number of urea groups is 1. The minimum Gasteiger partial charge on any atom is -0.334 e. The van der Waals surface area contributed by atoms with E-state index in [1.807, 2.05) is 18.2 Å². The summed E-state index contributed by atoms with van der Waals surface area (Å²) in [5, 5.41) is 12.1. The van der Waals surface area contributed by atoms with Gasteiger partial charge in [0.25, 0.3) is 0 Å². The first-order valence-electron chi connectivity index (χ1n) is 8.47. The fraction of sp³-hybridized carbons (Fsp3) is 0.471. The maximum Gasteiger partial charge on any atom is 0.343 e. The van der Waals surface area contributed by atoms with E-state index in [1.165, 1.54) is 10.1 Å². The van der Waals surface area contributed by atoms with Crippen molar-refractivity contribution in [1.82, 2.24) is 30.3 Å². The van der Waals surface area contributed by atoms with Crippen molar-refractivity contribution in [2.75, 3.05) is 13.1 Å². The summed E-state index contributed by atoms with van der Waals surface area (Å²) in [6.45, 7) is 4.48. The molecule has 0 aliphatic carbocycles. The van der Waals surface area contributed by atoms with Crippen LogP contribution >= 0.6 is 0 Å². The third kappa shape index (κ3) is 4.27. The molecule has 2 unspecified atom stereocenters. The zero-order chi connectivity index (χ0) is 17.8. The molecule has 3 N–H and O–H groups in total. The van der Waals surface area contributed by atoms with Gasteiger partial charge < -0.3 is 10.6 Å². The predicted molar refractivity (Wildman–Crippen MR) is 94.0 cm³/mol. The maximum absolute atomic E-state index is 12.2. The third-order valence-corrected chi connectivity index (χ3v) is 4.51. The number of rotatable bonds is 5. The minimum absolute atomic E-state index is 0.124. The molecule has 134 valence electrons. The molecule has 1 aromatic heterocycles. The van der Waals surface area contributed by atoms with E-state index in [1.54, 1.807) is 14.0 Å². The summed E-state index contributed by atoms with van der Waals surface area (Å²) in [5.41, 5.74) is 0.983. The normalized spacial score (nSPS) is 18.9. The highest BCUT2D eigenvalue weighted by Crippen LogP contribution is 2.13. The molecule has 2 heterocycles. The predicted octanol–water partition coefficient (Wildman–Crippen LogP) is 0.743. The Labute approximate surface area is 146 Å². The molecule has 0 spiro atoms. The van der Waals surface area contributed by atoms with Crippen molar-refractivity contribution >= 4 is 6.03 Å². The summed E-state index contributed by atoms with van der Waals surface area (Å²) < 4.78 is 1.39. The molecule has 25 heavy (non-hydrogen) atoms. The van der Waals surface area contributed by atoms with Crippen molar-refractivity contribution in [2.45, 2.75) is 32.0 Å². The van der Waals surface area contributed by atoms with Gasteiger partial charge in [-0.3, -0.25) is 9.47 Å². The van der Waals surface area contributed by atoms with Crippen molar-refractivity contribution in [3.8, 4) is 0 Å². The van der Waals surface area contributed by atoms with E-state index in [2.05, 4.69) is 37.9 Å². The number of aromatic amines is 1. The lowest BCUT2D eigenvalue weighted by Gasteiger charge is -2.18. The number of H-pyrrole nitrogens is 1. The number of hydrogen-bond acceptors (Lipinski definition) is 4. The Balaban J connectivity index is 1.47. The van der Waals surface area contributed by atoms with Gasteiger partial charge in [-0.15, -0.1) is 0 Å². The molecular weight excluding hydrogens is 320 g/mol. The van der Waals surface area contributed by atoms with E-state index < -0.39 is 0 Å². The molecule has 0 bridgehead atoms. The van der Waals surface area contributed by atoms with Crippen molar-refractivity contribution in [2.24, 2.45) is 7.05 Å². The van der Waals surface area contributed by atoms with Gasteiger partial charge in [-0.05, 0) is 18.9 Å². The molecule has 1 aliphatic heterocycles. The number of hydrogen-bond donors (Lipinski definition) is 3. The van der Waals surface area contributed by atoms with Gasteiger partial charge in [0.05, 0.1) is 6.04 Å². The summed E-state index contributed by atoms with van der Waals surface area (Å²) in [6, 6.07) is 9.85. The molecule has 8 nitrogen and oxygen atoms in total. The van der Waals surface area contributed by atoms with Crippen LogP contribution in [0.5, 0.6) is 0 Å². The first kappa shape index (κ1) is 17.2. The first-order chi connectivity index (χ1) is 12.0. The number of amides is 2. The van der Waals surface area contributed by atoms with Crippen molar-refractivity contribution in [1.29, 1.82) is 0 Å². The largest absolute Gasteiger partial charge is 0.343 e. The topological polar surface area (TPSA) is 95.1 Å². The van der Waals surface area contributed by atoms with Crippen LogP contribution in [0.2, 0.25) is 0 Å². The number of carbonyl (C=O) groups excluding carboxylic acids is 1. The Morgan fingerprint density at radius 1 is 1.40 bits per heavy atom. The number of benzene rings is 1. The highest BCUT2D eigenvalue weighted by atomic mass is 16.2. The maximum atomic E-state index is 12.2. The number of nitrogens with zero attached hydrogens (tertiary/aromatic N) is 3. The van der Waals surface area contributed by atoms with Gasteiger partial charge in [-0.25, -0.2) is 14.7 Å². The molecule has 3 rings (SSSR count). The molecule has 1 aliphatic rings. The second-order valence-corrected chi connectivity index (χ2v) is 6.49. The summed E-state index contributed by atoms with van der Waals surface area (Å²) in [6.07, 6.45) is 0.926. The van der Waals surface area contributed by atoms with Crippen LogP contribution in [0.3, 0.4) is 0 Å². The van der Waals surface area contributed by atoms with Crippen molar-refractivity contribution < 1.29 is 4.79 Å². The molecule has 0 saturated carbocycles. The smallest absolute Gasteiger partial charge is 0.334 e. The van der Waals surface area contributed by atoms with Crippen LogP contribution in [0, 0.1) is 0 Å². The number of likely N-dealkylation sites (tertiary alicyclic amines) is 1. The molecule has 2 aromatic rings. The van der Waals surface area contributed by atoms with Gasteiger partial charge in [0.2, 0.25) is 0 Å². The molecule has 1 saturated heterocycles. The summed E-state index contributed by atoms with van der Waals surface area (Å²) in [5.74, 6) is 0.497. The molecule has 8 heteroatoms. The standard InChI is InChI=1S/C17H24N6O2/c1-12(15-20-21-17(25)22(15)2)18-16(24)19-14-8-9-23(11-14)10-13-6-4-3-5-7-13/h3-7,12,14H,8-11H2,1-2H3,(H,21,25)(H2,18,19,24). The van der Waals surface area contributed by atoms with Gasteiger partial charge in [-0.1, -0.05) is 30.3 Å². The molecule has 1 aromatic carbocycles. The van der Waals surface area contributed by atoms with Crippen LogP contribution in [0.1, 0.15) is 30.8 Å². The zero-order valence-electron chi connectivity index (χ0n) is 14.5. The quantitative estimate of drug-likeness (QED) is 0.746. The molecule has 0 radical (unpaired) electrons. The van der Waals surface area contributed by atoms with Crippen LogP contribution in [0.25, 0.3) is 0 Å². The molecular formula is C17H24N6O2. The van der Waals surface area contributed by atoms with E-state index in [9.17, 15) is 9.59 Å². The van der Waals surface area contributed by atoms with E-state index in [4.69, 9.17) is 0 Å². The highest BCUT2D eigenvalue weighted by Gasteiger charge is 2.24. The Morgan fingerprint density at radius 3 is 2.84 bits per heavy atom. The van der Waals surface area contributed by atoms with E-state index in [-0.39, 0.29) is 23.8 Å². The van der Waals surface area contributed by atoms with Gasteiger partial charge >= 0.3 is 11.7 Å². The second kappa shape index (κ2) is 7.52. The summed E-state index contributed by atoms with van der Waals surface area (Å²) in [7, 11) is 1.62. The lowest BCUT2D eigenvalue weighted by atomic mass is 10.2. The van der Waals surface area contributed by atoms with Crippen LogP contribution in [0.4, 0.5) is 4.79 Å². The van der Waals surface area contributed by atoms with E-state index in [0.717, 1.165) is 26.1 Å². The lowest BCUT2D eigenvalue weighted by Crippen LogP contribution is -2.44. The van der Waals surface area contributed by atoms with Gasteiger partial charge in [0, 0.05) is 32.7 Å². The molecule has 1 fully saturated rings. The second-order valence-electron chi connectivity index (χ2n) is 6.49. The fourth-order valence-electron chi connectivity index (χ4n) is 3.17. The van der Waals surface area contributed by atoms with Crippen molar-refractivity contribution in [3.63, 3.8) is 0 Å². The van der Waals surface area contributed by atoms with Gasteiger partial charge in [-0.2, -0.15) is 5.10 Å². The Kier molecular flexibility index (Phi) is 5.18. The minimum atomic E-state index is -0.356. The first-order valence-corrected chi connectivity index (χ1v) is 8.47. The zero-order valence-corrected chi connectivity index (χ0v) is 14.5. The van der Waals surface area contributed by atoms with Crippen molar-refractivity contribution in [3.05, 3.63) is 52.2 Å². The average molecular weight is 344 g/mol. The summed E-state index contributed by atoms with van der Waals surface area (Å²) >= 11 is 0. The molecule has 2 atom stereocenters. The number of aromatic nitrogens is 3. The fourth-order valence-corrected chi connectivity index (χ4v) is 3.17.